The van der Waals surface area contributed by atoms with Crippen LogP contribution in [0.1, 0.15) is 42.6 Å². The van der Waals surface area contributed by atoms with Gasteiger partial charge in [-0.3, -0.25) is 9.59 Å². The summed E-state index contributed by atoms with van der Waals surface area (Å²) in [4.78, 5) is 25.2. The monoisotopic (exact) mass is 290 g/mol. The van der Waals surface area contributed by atoms with Crippen LogP contribution in [-0.4, -0.2) is 41.0 Å². The van der Waals surface area contributed by atoms with Crippen LogP contribution in [0.25, 0.3) is 0 Å². The molecule has 0 aliphatic carbocycles. The molecule has 0 bridgehead atoms. The van der Waals surface area contributed by atoms with E-state index in [0.29, 0.717) is 5.56 Å². The van der Waals surface area contributed by atoms with Crippen LogP contribution in [0, 0.1) is 0 Å². The van der Waals surface area contributed by atoms with Crippen molar-refractivity contribution in [2.45, 2.75) is 39.2 Å². The number of carbonyl (C=O) groups excluding carboxylic acids is 1. The highest BCUT2D eigenvalue weighted by Gasteiger charge is 2.24. The molecule has 0 saturated carbocycles. The number of hydrogen-bond donors (Lipinski definition) is 2. The fourth-order valence-electron chi connectivity index (χ4n) is 2.68. The number of aliphatic carboxylic acids is 1. The lowest BCUT2D eigenvalue weighted by Gasteiger charge is -2.28. The summed E-state index contributed by atoms with van der Waals surface area (Å²) in [5, 5.41) is 12.2. The normalized spacial score (nSPS) is 13.5. The summed E-state index contributed by atoms with van der Waals surface area (Å²) in [6.45, 7) is 4.99. The van der Waals surface area contributed by atoms with Gasteiger partial charge >= 0.3 is 5.97 Å². The molecule has 1 aromatic carbocycles. The number of benzene rings is 1. The molecule has 0 spiro atoms. The van der Waals surface area contributed by atoms with Gasteiger partial charge in [0.25, 0.3) is 5.91 Å². The van der Waals surface area contributed by atoms with Crippen molar-refractivity contribution in [1.82, 2.24) is 4.90 Å². The van der Waals surface area contributed by atoms with Crippen LogP contribution in [0.2, 0.25) is 0 Å². The average molecular weight is 290 g/mol. The van der Waals surface area contributed by atoms with E-state index in [4.69, 9.17) is 5.11 Å². The lowest BCUT2D eigenvalue weighted by atomic mass is 9.96. The third-order valence-electron chi connectivity index (χ3n) is 3.78. The molecule has 1 heterocycles. The topological polar surface area (TPSA) is 69.6 Å². The first kappa shape index (κ1) is 15.4. The zero-order valence-electron chi connectivity index (χ0n) is 12.6. The van der Waals surface area contributed by atoms with E-state index in [0.717, 1.165) is 30.6 Å². The van der Waals surface area contributed by atoms with Crippen LogP contribution in [0.3, 0.4) is 0 Å². The zero-order valence-corrected chi connectivity index (χ0v) is 12.6. The zero-order chi connectivity index (χ0) is 15.4. The highest BCUT2D eigenvalue weighted by Crippen LogP contribution is 2.26. The molecule has 5 nitrogen and oxygen atoms in total. The molecule has 0 aromatic heterocycles. The summed E-state index contributed by atoms with van der Waals surface area (Å²) in [7, 11) is 0. The number of carboxylic acid groups (broad SMARTS) is 1. The second-order valence-electron chi connectivity index (χ2n) is 5.60. The second kappa shape index (κ2) is 6.61. The standard InChI is InChI=1S/C16H22N2O3/c1-11(2)18(10-8-15(19)20)16(21)13-5-3-7-14-12(13)6-4-9-17-14/h3,5,7,11,17H,4,6,8-10H2,1-2H3,(H,19,20). The Morgan fingerprint density at radius 3 is 2.81 bits per heavy atom. The van der Waals surface area contributed by atoms with Crippen molar-refractivity contribution in [2.24, 2.45) is 0 Å². The molecule has 1 aliphatic heterocycles. The summed E-state index contributed by atoms with van der Waals surface area (Å²) in [5.41, 5.74) is 2.77. The van der Waals surface area contributed by atoms with E-state index >= 15 is 0 Å². The van der Waals surface area contributed by atoms with Crippen molar-refractivity contribution in [2.75, 3.05) is 18.4 Å². The molecular formula is C16H22N2O3. The summed E-state index contributed by atoms with van der Waals surface area (Å²) in [6.07, 6.45) is 1.86. The first-order valence-corrected chi connectivity index (χ1v) is 7.39. The van der Waals surface area contributed by atoms with Gasteiger partial charge in [-0.2, -0.15) is 0 Å². The first-order valence-electron chi connectivity index (χ1n) is 7.39. The molecule has 2 N–H and O–H groups in total. The fourth-order valence-corrected chi connectivity index (χ4v) is 2.68. The van der Waals surface area contributed by atoms with E-state index in [1.807, 2.05) is 32.0 Å². The number of nitrogens with one attached hydrogen (secondary N) is 1. The van der Waals surface area contributed by atoms with E-state index in [9.17, 15) is 9.59 Å². The number of hydrogen-bond acceptors (Lipinski definition) is 3. The molecule has 0 unspecified atom stereocenters. The van der Waals surface area contributed by atoms with Gasteiger partial charge in [-0.1, -0.05) is 6.07 Å². The average Bonchev–Trinajstić information content (AvgIpc) is 2.46. The van der Waals surface area contributed by atoms with Gasteiger partial charge in [0, 0.05) is 30.4 Å². The van der Waals surface area contributed by atoms with Crippen molar-refractivity contribution in [3.05, 3.63) is 29.3 Å². The Bertz CT molecular complexity index is 540. The molecule has 1 aromatic rings. The molecule has 0 saturated heterocycles. The number of anilines is 1. The Hall–Kier alpha value is -2.04. The van der Waals surface area contributed by atoms with Crippen molar-refractivity contribution < 1.29 is 14.7 Å². The lowest BCUT2D eigenvalue weighted by molar-refractivity contribution is -0.137. The van der Waals surface area contributed by atoms with Crippen LogP contribution in [0.15, 0.2) is 18.2 Å². The summed E-state index contributed by atoms with van der Waals surface area (Å²) < 4.78 is 0. The summed E-state index contributed by atoms with van der Waals surface area (Å²) in [6, 6.07) is 5.68. The molecule has 1 amide bonds. The Morgan fingerprint density at radius 1 is 1.38 bits per heavy atom. The van der Waals surface area contributed by atoms with Gasteiger partial charge in [0.1, 0.15) is 0 Å². The molecule has 2 rings (SSSR count). The molecule has 114 valence electrons. The van der Waals surface area contributed by atoms with Gasteiger partial charge in [0.2, 0.25) is 0 Å². The fraction of sp³-hybridized carbons (Fsp3) is 0.500. The molecule has 0 atom stereocenters. The number of carboxylic acids is 1. The van der Waals surface area contributed by atoms with Gasteiger partial charge in [-0.05, 0) is 44.4 Å². The van der Waals surface area contributed by atoms with Gasteiger partial charge in [-0.15, -0.1) is 0 Å². The minimum atomic E-state index is -0.884. The second-order valence-corrected chi connectivity index (χ2v) is 5.60. The predicted octanol–water partition coefficient (Wildman–Crippen LogP) is 2.37. The van der Waals surface area contributed by atoms with Crippen molar-refractivity contribution in [1.29, 1.82) is 0 Å². The molecule has 5 heteroatoms. The molecule has 21 heavy (non-hydrogen) atoms. The smallest absolute Gasteiger partial charge is 0.305 e. The van der Waals surface area contributed by atoms with Crippen LogP contribution in [-0.2, 0) is 11.2 Å². The van der Waals surface area contributed by atoms with E-state index in [-0.39, 0.29) is 24.9 Å². The highest BCUT2D eigenvalue weighted by atomic mass is 16.4. The quantitative estimate of drug-likeness (QED) is 0.873. The molecular weight excluding hydrogens is 268 g/mol. The Kier molecular flexibility index (Phi) is 4.83. The predicted molar refractivity (Wildman–Crippen MR) is 81.7 cm³/mol. The Balaban J connectivity index is 2.26. The number of amides is 1. The van der Waals surface area contributed by atoms with Crippen LogP contribution in [0.4, 0.5) is 5.69 Å². The van der Waals surface area contributed by atoms with Crippen LogP contribution in [0.5, 0.6) is 0 Å². The van der Waals surface area contributed by atoms with Gasteiger partial charge < -0.3 is 15.3 Å². The summed E-state index contributed by atoms with van der Waals surface area (Å²) >= 11 is 0. The number of carbonyl (C=O) groups is 2. The molecule has 1 aliphatic rings. The first-order chi connectivity index (χ1) is 10.0. The van der Waals surface area contributed by atoms with E-state index in [1.165, 1.54) is 0 Å². The van der Waals surface area contributed by atoms with Crippen molar-refractivity contribution >= 4 is 17.6 Å². The third kappa shape index (κ3) is 3.54. The van der Waals surface area contributed by atoms with Gasteiger partial charge in [0.15, 0.2) is 0 Å². The Labute approximate surface area is 125 Å². The lowest BCUT2D eigenvalue weighted by Crippen LogP contribution is -2.39. The maximum Gasteiger partial charge on any atom is 0.305 e. The van der Waals surface area contributed by atoms with Crippen LogP contribution >= 0.6 is 0 Å². The van der Waals surface area contributed by atoms with Gasteiger partial charge in [-0.25, -0.2) is 0 Å². The van der Waals surface area contributed by atoms with E-state index < -0.39 is 5.97 Å². The van der Waals surface area contributed by atoms with E-state index in [2.05, 4.69) is 5.32 Å². The van der Waals surface area contributed by atoms with Crippen molar-refractivity contribution in [3.63, 3.8) is 0 Å². The number of fused-ring (bicyclic) bond motifs is 1. The third-order valence-corrected chi connectivity index (χ3v) is 3.78. The number of rotatable bonds is 5. The Morgan fingerprint density at radius 2 is 2.14 bits per heavy atom. The minimum absolute atomic E-state index is 0.0238. The SMILES string of the molecule is CC(C)N(CCC(=O)O)C(=O)c1cccc2c1CCCN2. The van der Waals surface area contributed by atoms with Crippen molar-refractivity contribution in [3.8, 4) is 0 Å². The maximum atomic E-state index is 12.8. The number of nitrogens with zero attached hydrogens (tertiary/aromatic N) is 1. The largest absolute Gasteiger partial charge is 0.481 e. The summed E-state index contributed by atoms with van der Waals surface area (Å²) in [5.74, 6) is -0.961. The minimum Gasteiger partial charge on any atom is -0.481 e. The highest BCUT2D eigenvalue weighted by molar-refractivity contribution is 5.97. The van der Waals surface area contributed by atoms with E-state index in [1.54, 1.807) is 4.90 Å². The maximum absolute atomic E-state index is 12.8. The van der Waals surface area contributed by atoms with Gasteiger partial charge in [0.05, 0.1) is 6.42 Å². The van der Waals surface area contributed by atoms with Crippen LogP contribution < -0.4 is 5.32 Å². The molecule has 0 radical (unpaired) electrons. The molecule has 0 fully saturated rings.